The number of fused-ring (bicyclic) bond motifs is 1. The van der Waals surface area contributed by atoms with E-state index in [2.05, 4.69) is 11.4 Å². The molecule has 2 unspecified atom stereocenters. The third-order valence-electron chi connectivity index (χ3n) is 3.08. The highest BCUT2D eigenvalue weighted by atomic mass is 16.5. The number of aliphatic hydroxyl groups is 1. The molecule has 1 aliphatic heterocycles. The maximum absolute atomic E-state index is 9.82. The molecule has 2 atom stereocenters. The molecular formula is C13H19NO2. The lowest BCUT2D eigenvalue weighted by Crippen LogP contribution is -2.27. The van der Waals surface area contributed by atoms with E-state index in [0.717, 1.165) is 25.2 Å². The molecule has 88 valence electrons. The number of hydrogen-bond acceptors (Lipinski definition) is 3. The summed E-state index contributed by atoms with van der Waals surface area (Å²) in [7, 11) is 1.86. The van der Waals surface area contributed by atoms with E-state index in [0.29, 0.717) is 12.5 Å². The standard InChI is InChI=1S/C13H19NO2/c1-14-9-11(15)8-10-6-7-16-13-5-3-2-4-12(10)13/h2-5,10-11,14-15H,6-9H2,1H3. The van der Waals surface area contributed by atoms with Crippen LogP contribution in [0.3, 0.4) is 0 Å². The van der Waals surface area contributed by atoms with Crippen LogP contribution in [0.25, 0.3) is 0 Å². The van der Waals surface area contributed by atoms with Crippen LogP contribution in [0.2, 0.25) is 0 Å². The lowest BCUT2D eigenvalue weighted by Gasteiger charge is -2.27. The van der Waals surface area contributed by atoms with Crippen LogP contribution in [0.15, 0.2) is 24.3 Å². The van der Waals surface area contributed by atoms with Gasteiger partial charge in [0.2, 0.25) is 0 Å². The highest BCUT2D eigenvalue weighted by Gasteiger charge is 2.23. The fraction of sp³-hybridized carbons (Fsp3) is 0.538. The summed E-state index contributed by atoms with van der Waals surface area (Å²) in [6.07, 6.45) is 1.53. The van der Waals surface area contributed by atoms with Crippen molar-refractivity contribution in [2.24, 2.45) is 0 Å². The van der Waals surface area contributed by atoms with Crippen LogP contribution in [0, 0.1) is 0 Å². The topological polar surface area (TPSA) is 41.5 Å². The minimum atomic E-state index is -0.277. The Labute approximate surface area is 96.4 Å². The number of nitrogens with one attached hydrogen (secondary N) is 1. The molecule has 3 nitrogen and oxygen atoms in total. The molecule has 0 radical (unpaired) electrons. The number of ether oxygens (including phenoxy) is 1. The summed E-state index contributed by atoms with van der Waals surface area (Å²) in [4.78, 5) is 0. The first-order valence-electron chi connectivity index (χ1n) is 5.85. The largest absolute Gasteiger partial charge is 0.493 e. The summed E-state index contributed by atoms with van der Waals surface area (Å²) in [5.74, 6) is 1.41. The van der Waals surface area contributed by atoms with Crippen molar-refractivity contribution >= 4 is 0 Å². The second-order valence-corrected chi connectivity index (χ2v) is 4.32. The van der Waals surface area contributed by atoms with Crippen molar-refractivity contribution < 1.29 is 9.84 Å². The van der Waals surface area contributed by atoms with Crippen LogP contribution in [-0.2, 0) is 0 Å². The van der Waals surface area contributed by atoms with E-state index in [1.165, 1.54) is 5.56 Å². The van der Waals surface area contributed by atoms with Crippen LogP contribution >= 0.6 is 0 Å². The molecule has 0 aliphatic carbocycles. The molecule has 1 aromatic carbocycles. The molecule has 0 saturated heterocycles. The summed E-state index contributed by atoms with van der Waals surface area (Å²) in [5, 5.41) is 12.8. The van der Waals surface area contributed by atoms with Gasteiger partial charge < -0.3 is 15.2 Å². The van der Waals surface area contributed by atoms with Gasteiger partial charge in [-0.15, -0.1) is 0 Å². The lowest BCUT2D eigenvalue weighted by atomic mass is 9.88. The molecule has 0 bridgehead atoms. The second kappa shape index (κ2) is 5.32. The molecule has 0 fully saturated rings. The van der Waals surface area contributed by atoms with Crippen molar-refractivity contribution in [2.45, 2.75) is 24.9 Å². The molecule has 0 saturated carbocycles. The van der Waals surface area contributed by atoms with Crippen molar-refractivity contribution in [3.63, 3.8) is 0 Å². The van der Waals surface area contributed by atoms with Gasteiger partial charge in [0.05, 0.1) is 12.7 Å². The van der Waals surface area contributed by atoms with Crippen LogP contribution in [0.4, 0.5) is 0 Å². The number of hydrogen-bond donors (Lipinski definition) is 2. The van der Waals surface area contributed by atoms with Gasteiger partial charge in [-0.05, 0) is 37.4 Å². The van der Waals surface area contributed by atoms with Crippen molar-refractivity contribution in [1.29, 1.82) is 0 Å². The summed E-state index contributed by atoms with van der Waals surface area (Å²) < 4.78 is 5.60. The number of likely N-dealkylation sites (N-methyl/N-ethyl adjacent to an activating group) is 1. The van der Waals surface area contributed by atoms with E-state index >= 15 is 0 Å². The van der Waals surface area contributed by atoms with Crippen LogP contribution in [0.1, 0.15) is 24.3 Å². The third-order valence-corrected chi connectivity index (χ3v) is 3.08. The van der Waals surface area contributed by atoms with Gasteiger partial charge in [0, 0.05) is 6.54 Å². The van der Waals surface area contributed by atoms with E-state index in [9.17, 15) is 5.11 Å². The predicted molar refractivity (Wildman–Crippen MR) is 63.8 cm³/mol. The van der Waals surface area contributed by atoms with E-state index in [-0.39, 0.29) is 6.10 Å². The molecule has 2 rings (SSSR count). The fourth-order valence-corrected chi connectivity index (χ4v) is 2.31. The Hall–Kier alpha value is -1.06. The molecule has 2 N–H and O–H groups in total. The molecular weight excluding hydrogens is 202 g/mol. The minimum Gasteiger partial charge on any atom is -0.493 e. The maximum atomic E-state index is 9.82. The fourth-order valence-electron chi connectivity index (χ4n) is 2.31. The molecule has 1 heterocycles. The Balaban J connectivity index is 2.07. The molecule has 1 aliphatic rings. The lowest BCUT2D eigenvalue weighted by molar-refractivity contribution is 0.143. The van der Waals surface area contributed by atoms with E-state index in [1.807, 2.05) is 25.2 Å². The summed E-state index contributed by atoms with van der Waals surface area (Å²) in [6, 6.07) is 8.13. The van der Waals surface area contributed by atoms with Gasteiger partial charge in [-0.1, -0.05) is 18.2 Å². The van der Waals surface area contributed by atoms with Crippen molar-refractivity contribution in [3.05, 3.63) is 29.8 Å². The van der Waals surface area contributed by atoms with E-state index < -0.39 is 0 Å². The predicted octanol–water partition coefficient (Wildman–Crippen LogP) is 1.52. The Morgan fingerprint density at radius 2 is 2.31 bits per heavy atom. The van der Waals surface area contributed by atoms with E-state index in [1.54, 1.807) is 0 Å². The Bertz CT molecular complexity index is 340. The Kier molecular flexibility index (Phi) is 3.80. The van der Waals surface area contributed by atoms with Gasteiger partial charge in [-0.25, -0.2) is 0 Å². The summed E-state index contributed by atoms with van der Waals surface area (Å²) in [6.45, 7) is 1.41. The molecule has 16 heavy (non-hydrogen) atoms. The zero-order chi connectivity index (χ0) is 11.4. The number of rotatable bonds is 4. The number of para-hydroxylation sites is 1. The normalized spacial score (nSPS) is 21.0. The second-order valence-electron chi connectivity index (χ2n) is 4.32. The van der Waals surface area contributed by atoms with Crippen LogP contribution < -0.4 is 10.1 Å². The summed E-state index contributed by atoms with van der Waals surface area (Å²) in [5.41, 5.74) is 1.24. The first-order valence-corrected chi connectivity index (χ1v) is 5.85. The van der Waals surface area contributed by atoms with Gasteiger partial charge in [0.1, 0.15) is 5.75 Å². The summed E-state index contributed by atoms with van der Waals surface area (Å²) >= 11 is 0. The van der Waals surface area contributed by atoms with E-state index in [4.69, 9.17) is 4.74 Å². The van der Waals surface area contributed by atoms with Crippen molar-refractivity contribution in [1.82, 2.24) is 5.32 Å². The first kappa shape index (κ1) is 11.4. The number of aliphatic hydroxyl groups excluding tert-OH is 1. The van der Waals surface area contributed by atoms with Crippen LogP contribution in [-0.4, -0.2) is 31.4 Å². The highest BCUT2D eigenvalue weighted by molar-refractivity contribution is 5.37. The maximum Gasteiger partial charge on any atom is 0.122 e. The average Bonchev–Trinajstić information content (AvgIpc) is 2.30. The molecule has 0 amide bonds. The average molecular weight is 221 g/mol. The Morgan fingerprint density at radius 3 is 3.12 bits per heavy atom. The Morgan fingerprint density at radius 1 is 1.50 bits per heavy atom. The SMILES string of the molecule is CNCC(O)CC1CCOc2ccccc21. The smallest absolute Gasteiger partial charge is 0.122 e. The van der Waals surface area contributed by atoms with Gasteiger partial charge in [0.15, 0.2) is 0 Å². The van der Waals surface area contributed by atoms with Crippen molar-refractivity contribution in [3.8, 4) is 5.75 Å². The highest BCUT2D eigenvalue weighted by Crippen LogP contribution is 2.35. The molecule has 0 aromatic heterocycles. The third kappa shape index (κ3) is 2.54. The minimum absolute atomic E-state index is 0.277. The molecule has 1 aromatic rings. The zero-order valence-electron chi connectivity index (χ0n) is 9.65. The van der Waals surface area contributed by atoms with Gasteiger partial charge in [-0.2, -0.15) is 0 Å². The van der Waals surface area contributed by atoms with Crippen LogP contribution in [0.5, 0.6) is 5.75 Å². The van der Waals surface area contributed by atoms with Crippen molar-refractivity contribution in [2.75, 3.05) is 20.2 Å². The monoisotopic (exact) mass is 221 g/mol. The molecule has 3 heteroatoms. The van der Waals surface area contributed by atoms with Gasteiger partial charge in [-0.3, -0.25) is 0 Å². The zero-order valence-corrected chi connectivity index (χ0v) is 9.65. The first-order chi connectivity index (χ1) is 7.81. The quantitative estimate of drug-likeness (QED) is 0.810. The van der Waals surface area contributed by atoms with Gasteiger partial charge >= 0.3 is 0 Å². The van der Waals surface area contributed by atoms with Gasteiger partial charge in [0.25, 0.3) is 0 Å². The number of benzene rings is 1. The molecule has 0 spiro atoms.